The van der Waals surface area contributed by atoms with Gasteiger partial charge in [-0.3, -0.25) is 4.90 Å². The van der Waals surface area contributed by atoms with Crippen molar-refractivity contribution in [2.45, 2.75) is 33.2 Å². The van der Waals surface area contributed by atoms with Crippen LogP contribution in [0.4, 0.5) is 0 Å². The molecule has 20 heavy (non-hydrogen) atoms. The molecule has 110 valence electrons. The van der Waals surface area contributed by atoms with Crippen LogP contribution in [0.1, 0.15) is 32.8 Å². The number of hydrogen-bond acceptors (Lipinski definition) is 3. The zero-order valence-electron chi connectivity index (χ0n) is 12.9. The lowest BCUT2D eigenvalue weighted by molar-refractivity contribution is 0.176. The van der Waals surface area contributed by atoms with Gasteiger partial charge in [-0.2, -0.15) is 0 Å². The van der Waals surface area contributed by atoms with Crippen molar-refractivity contribution in [3.05, 3.63) is 29.8 Å². The number of ether oxygens (including phenoxy) is 1. The fourth-order valence-electron chi connectivity index (χ4n) is 1.98. The van der Waals surface area contributed by atoms with E-state index in [1.54, 1.807) is 0 Å². The van der Waals surface area contributed by atoms with E-state index in [2.05, 4.69) is 37.5 Å². The average Bonchev–Trinajstić information content (AvgIpc) is 2.45. The highest BCUT2D eigenvalue weighted by molar-refractivity contribution is 5.38. The van der Waals surface area contributed by atoms with Crippen LogP contribution in [0.25, 0.3) is 0 Å². The monoisotopic (exact) mass is 274 g/mol. The van der Waals surface area contributed by atoms with Crippen LogP contribution in [0.15, 0.2) is 24.3 Å². The second kappa shape index (κ2) is 9.41. The quantitative estimate of drug-likeness (QED) is 0.776. The summed E-state index contributed by atoms with van der Waals surface area (Å²) in [5.74, 6) is 6.73. The highest BCUT2D eigenvalue weighted by atomic mass is 16.5. The van der Waals surface area contributed by atoms with Crippen LogP contribution in [0.2, 0.25) is 0 Å². The van der Waals surface area contributed by atoms with E-state index in [0.717, 1.165) is 24.4 Å². The first-order chi connectivity index (χ1) is 9.67. The minimum absolute atomic E-state index is 0.390. The standard InChI is InChI=1S/C17H26N2O/c1-4-12-19(15(2)3)13-14-20-17-9-7-16(8-10-17)6-5-11-18/h7-10,15H,4,11-14,18H2,1-3H3. The molecule has 0 saturated carbocycles. The summed E-state index contributed by atoms with van der Waals surface area (Å²) >= 11 is 0. The Morgan fingerprint density at radius 1 is 1.20 bits per heavy atom. The molecule has 0 bridgehead atoms. The van der Waals surface area contributed by atoms with Gasteiger partial charge in [0, 0.05) is 18.2 Å². The summed E-state index contributed by atoms with van der Waals surface area (Å²) in [7, 11) is 0. The molecule has 0 aliphatic carbocycles. The molecule has 0 spiro atoms. The summed E-state index contributed by atoms with van der Waals surface area (Å²) in [6, 6.07) is 8.40. The molecule has 1 rings (SSSR count). The first-order valence-electron chi connectivity index (χ1n) is 7.33. The summed E-state index contributed by atoms with van der Waals surface area (Å²) in [6.07, 6.45) is 1.17. The predicted octanol–water partition coefficient (Wildman–Crippen LogP) is 2.50. The van der Waals surface area contributed by atoms with Gasteiger partial charge in [0.1, 0.15) is 12.4 Å². The van der Waals surface area contributed by atoms with Crippen LogP contribution in [0, 0.1) is 11.8 Å². The van der Waals surface area contributed by atoms with Crippen molar-refractivity contribution >= 4 is 0 Å². The molecule has 2 N–H and O–H groups in total. The van der Waals surface area contributed by atoms with Gasteiger partial charge in [-0.25, -0.2) is 0 Å². The first kappa shape index (κ1) is 16.6. The van der Waals surface area contributed by atoms with E-state index in [1.165, 1.54) is 6.42 Å². The van der Waals surface area contributed by atoms with Crippen LogP contribution < -0.4 is 10.5 Å². The number of nitrogens with two attached hydrogens (primary N) is 1. The third-order valence-corrected chi connectivity index (χ3v) is 3.08. The van der Waals surface area contributed by atoms with E-state index >= 15 is 0 Å². The average molecular weight is 274 g/mol. The first-order valence-corrected chi connectivity index (χ1v) is 7.33. The van der Waals surface area contributed by atoms with Crippen molar-refractivity contribution in [3.63, 3.8) is 0 Å². The second-order valence-electron chi connectivity index (χ2n) is 5.01. The molecule has 0 saturated heterocycles. The topological polar surface area (TPSA) is 38.5 Å². The summed E-state index contributed by atoms with van der Waals surface area (Å²) in [4.78, 5) is 2.43. The fraction of sp³-hybridized carbons (Fsp3) is 0.529. The summed E-state index contributed by atoms with van der Waals surface area (Å²) in [5.41, 5.74) is 6.32. The Morgan fingerprint density at radius 2 is 1.90 bits per heavy atom. The van der Waals surface area contributed by atoms with Crippen LogP contribution in [0.5, 0.6) is 5.75 Å². The smallest absolute Gasteiger partial charge is 0.119 e. The van der Waals surface area contributed by atoms with Crippen LogP contribution >= 0.6 is 0 Å². The van der Waals surface area contributed by atoms with Crippen molar-refractivity contribution in [1.29, 1.82) is 0 Å². The Hall–Kier alpha value is -1.50. The Bertz CT molecular complexity index is 429. The number of hydrogen-bond donors (Lipinski definition) is 1. The fourth-order valence-corrected chi connectivity index (χ4v) is 1.98. The SMILES string of the molecule is CCCN(CCOc1ccc(C#CCN)cc1)C(C)C. The molecule has 1 aromatic rings. The van der Waals surface area contributed by atoms with Gasteiger partial charge in [0.15, 0.2) is 0 Å². The van der Waals surface area contributed by atoms with E-state index in [-0.39, 0.29) is 0 Å². The summed E-state index contributed by atoms with van der Waals surface area (Å²) in [5, 5.41) is 0. The lowest BCUT2D eigenvalue weighted by Crippen LogP contribution is -2.35. The maximum Gasteiger partial charge on any atom is 0.119 e. The minimum atomic E-state index is 0.390. The van der Waals surface area contributed by atoms with Gasteiger partial charge < -0.3 is 10.5 Å². The van der Waals surface area contributed by atoms with Crippen molar-refractivity contribution < 1.29 is 4.74 Å². The zero-order chi connectivity index (χ0) is 14.8. The lowest BCUT2D eigenvalue weighted by Gasteiger charge is -2.25. The lowest BCUT2D eigenvalue weighted by atomic mass is 10.2. The van der Waals surface area contributed by atoms with Gasteiger partial charge in [-0.1, -0.05) is 18.8 Å². The second-order valence-corrected chi connectivity index (χ2v) is 5.01. The molecule has 1 aromatic carbocycles. The molecule has 0 atom stereocenters. The zero-order valence-corrected chi connectivity index (χ0v) is 12.9. The number of benzene rings is 1. The van der Waals surface area contributed by atoms with Gasteiger partial charge >= 0.3 is 0 Å². The van der Waals surface area contributed by atoms with E-state index < -0.39 is 0 Å². The van der Waals surface area contributed by atoms with Gasteiger partial charge in [-0.05, 0) is 51.1 Å². The molecule has 0 unspecified atom stereocenters. The molecule has 0 radical (unpaired) electrons. The largest absolute Gasteiger partial charge is 0.492 e. The van der Waals surface area contributed by atoms with E-state index in [9.17, 15) is 0 Å². The minimum Gasteiger partial charge on any atom is -0.492 e. The van der Waals surface area contributed by atoms with Crippen molar-refractivity contribution in [3.8, 4) is 17.6 Å². The van der Waals surface area contributed by atoms with Crippen molar-refractivity contribution in [1.82, 2.24) is 4.90 Å². The third-order valence-electron chi connectivity index (χ3n) is 3.08. The predicted molar refractivity (Wildman–Crippen MR) is 84.9 cm³/mol. The molecule has 0 heterocycles. The highest BCUT2D eigenvalue weighted by Crippen LogP contribution is 2.11. The normalized spacial score (nSPS) is 10.5. The summed E-state index contributed by atoms with van der Waals surface area (Å²) < 4.78 is 5.78. The Labute approximate surface area is 123 Å². The van der Waals surface area contributed by atoms with Crippen LogP contribution in [-0.2, 0) is 0 Å². The Morgan fingerprint density at radius 3 is 2.45 bits per heavy atom. The van der Waals surface area contributed by atoms with E-state index in [0.29, 0.717) is 19.2 Å². The van der Waals surface area contributed by atoms with Crippen molar-refractivity contribution in [2.75, 3.05) is 26.2 Å². The van der Waals surface area contributed by atoms with E-state index in [4.69, 9.17) is 10.5 Å². The molecule has 0 aliphatic heterocycles. The molecule has 3 heteroatoms. The van der Waals surface area contributed by atoms with Crippen LogP contribution in [-0.4, -0.2) is 37.2 Å². The molecule has 0 fully saturated rings. The molecule has 0 aromatic heterocycles. The van der Waals surface area contributed by atoms with Gasteiger partial charge in [0.05, 0.1) is 6.54 Å². The third kappa shape index (κ3) is 6.10. The van der Waals surface area contributed by atoms with Crippen LogP contribution in [0.3, 0.4) is 0 Å². The van der Waals surface area contributed by atoms with E-state index in [1.807, 2.05) is 24.3 Å². The van der Waals surface area contributed by atoms with Crippen molar-refractivity contribution in [2.24, 2.45) is 5.73 Å². The molecule has 0 amide bonds. The van der Waals surface area contributed by atoms with Gasteiger partial charge in [0.25, 0.3) is 0 Å². The molecule has 0 aliphatic rings. The molecular weight excluding hydrogens is 248 g/mol. The summed E-state index contributed by atoms with van der Waals surface area (Å²) in [6.45, 7) is 9.83. The maximum atomic E-state index is 5.78. The highest BCUT2D eigenvalue weighted by Gasteiger charge is 2.07. The molecule has 3 nitrogen and oxygen atoms in total. The molecular formula is C17H26N2O. The van der Waals surface area contributed by atoms with Gasteiger partial charge in [-0.15, -0.1) is 0 Å². The number of nitrogens with zero attached hydrogens (tertiary/aromatic N) is 1. The number of rotatable bonds is 7. The Balaban J connectivity index is 2.41. The van der Waals surface area contributed by atoms with Gasteiger partial charge in [0.2, 0.25) is 0 Å². The maximum absolute atomic E-state index is 5.78. The Kier molecular flexibility index (Phi) is 7.79.